The molecule has 1 rings (SSSR count). The van der Waals surface area contributed by atoms with Crippen molar-refractivity contribution in [3.63, 3.8) is 0 Å². The highest BCUT2D eigenvalue weighted by Gasteiger charge is 2.13. The second-order valence-corrected chi connectivity index (χ2v) is 6.49. The van der Waals surface area contributed by atoms with E-state index in [0.29, 0.717) is 25.7 Å². The lowest BCUT2D eigenvalue weighted by atomic mass is 10.2. The van der Waals surface area contributed by atoms with Gasteiger partial charge >= 0.3 is 0 Å². The van der Waals surface area contributed by atoms with E-state index in [9.17, 15) is 8.42 Å². The van der Waals surface area contributed by atoms with Crippen LogP contribution in [0.15, 0.2) is 29.2 Å². The van der Waals surface area contributed by atoms with Gasteiger partial charge in [0.05, 0.1) is 11.5 Å². The molecule has 0 amide bonds. The van der Waals surface area contributed by atoms with Gasteiger partial charge in [0.25, 0.3) is 0 Å². The third-order valence-corrected chi connectivity index (χ3v) is 3.89. The summed E-state index contributed by atoms with van der Waals surface area (Å²) in [7, 11) is -3.48. The molecule has 0 aliphatic rings. The van der Waals surface area contributed by atoms with Gasteiger partial charge in [-0.05, 0) is 23.6 Å². The molecule has 0 aliphatic heterocycles. The predicted octanol–water partition coefficient (Wildman–Crippen LogP) is 1.10. The number of sulfonamides is 1. The van der Waals surface area contributed by atoms with Crippen molar-refractivity contribution in [1.29, 1.82) is 0 Å². The molecule has 0 atom stereocenters. The van der Waals surface area contributed by atoms with Crippen molar-refractivity contribution in [3.8, 4) is 0 Å². The Bertz CT molecular complexity index is 486. The Morgan fingerprint density at radius 1 is 1.37 bits per heavy atom. The number of benzene rings is 1. The molecule has 0 heterocycles. The molecule has 3 N–H and O–H groups in total. The van der Waals surface area contributed by atoms with Crippen LogP contribution in [-0.2, 0) is 21.3 Å². The number of nitrogens with two attached hydrogens (primary N) is 1. The summed E-state index contributed by atoms with van der Waals surface area (Å²) in [5.41, 5.74) is 6.29. The quantitative estimate of drug-likeness (QED) is 0.701. The fourth-order valence-electron chi connectivity index (χ4n) is 1.49. The summed E-state index contributed by atoms with van der Waals surface area (Å²) < 4.78 is 31.8. The Kier molecular flexibility index (Phi) is 6.44. The predicted molar refractivity (Wildman–Crippen MR) is 75.2 cm³/mol. The molecule has 19 heavy (non-hydrogen) atoms. The van der Waals surface area contributed by atoms with E-state index in [2.05, 4.69) is 4.72 Å². The highest BCUT2D eigenvalue weighted by atomic mass is 32.2. The average molecular weight is 286 g/mol. The van der Waals surface area contributed by atoms with Gasteiger partial charge in [-0.25, -0.2) is 13.1 Å². The van der Waals surface area contributed by atoms with Gasteiger partial charge in [-0.2, -0.15) is 0 Å². The summed E-state index contributed by atoms with van der Waals surface area (Å²) in [4.78, 5) is 0.235. The molecular weight excluding hydrogens is 264 g/mol. The Morgan fingerprint density at radius 3 is 2.74 bits per heavy atom. The molecule has 5 nitrogen and oxygen atoms in total. The van der Waals surface area contributed by atoms with Crippen molar-refractivity contribution in [2.24, 2.45) is 11.7 Å². The van der Waals surface area contributed by atoms with Crippen LogP contribution in [0.5, 0.6) is 0 Å². The summed E-state index contributed by atoms with van der Waals surface area (Å²) in [6.45, 7) is 5.67. The zero-order chi connectivity index (χ0) is 14.3. The highest BCUT2D eigenvalue weighted by molar-refractivity contribution is 7.89. The number of hydrogen-bond acceptors (Lipinski definition) is 4. The van der Waals surface area contributed by atoms with E-state index in [1.165, 1.54) is 0 Å². The largest absolute Gasteiger partial charge is 0.380 e. The van der Waals surface area contributed by atoms with Crippen LogP contribution in [0.1, 0.15) is 19.4 Å². The normalized spacial score (nSPS) is 12.0. The Labute approximate surface area is 115 Å². The van der Waals surface area contributed by atoms with Gasteiger partial charge in [-0.15, -0.1) is 0 Å². The molecule has 1 aromatic carbocycles. The smallest absolute Gasteiger partial charge is 0.240 e. The van der Waals surface area contributed by atoms with E-state index in [1.54, 1.807) is 24.3 Å². The minimum Gasteiger partial charge on any atom is -0.380 e. The summed E-state index contributed by atoms with van der Waals surface area (Å²) in [6.07, 6.45) is 0. The van der Waals surface area contributed by atoms with Gasteiger partial charge in [-0.3, -0.25) is 0 Å². The topological polar surface area (TPSA) is 81.4 Å². The lowest BCUT2D eigenvalue weighted by Gasteiger charge is -2.09. The van der Waals surface area contributed by atoms with E-state index in [4.69, 9.17) is 10.5 Å². The van der Waals surface area contributed by atoms with Crippen molar-refractivity contribution in [2.45, 2.75) is 25.3 Å². The molecule has 1 aromatic rings. The third kappa shape index (κ3) is 5.69. The molecular formula is C13H22N2O3S. The number of nitrogens with one attached hydrogen (secondary N) is 1. The summed E-state index contributed by atoms with van der Waals surface area (Å²) >= 11 is 0. The first kappa shape index (κ1) is 16.1. The fourth-order valence-corrected chi connectivity index (χ4v) is 2.57. The van der Waals surface area contributed by atoms with Crippen LogP contribution in [-0.4, -0.2) is 28.2 Å². The number of ether oxygens (including phenoxy) is 1. The van der Waals surface area contributed by atoms with Crippen LogP contribution in [0, 0.1) is 5.92 Å². The maximum absolute atomic E-state index is 12.0. The minimum absolute atomic E-state index is 0.235. The first-order chi connectivity index (χ1) is 8.95. The zero-order valence-corrected chi connectivity index (χ0v) is 12.2. The van der Waals surface area contributed by atoms with Crippen molar-refractivity contribution in [2.75, 3.05) is 19.8 Å². The molecule has 0 unspecified atom stereocenters. The summed E-state index contributed by atoms with van der Waals surface area (Å²) in [6, 6.07) is 6.62. The van der Waals surface area contributed by atoms with E-state index in [1.807, 2.05) is 13.8 Å². The average Bonchev–Trinajstić information content (AvgIpc) is 2.38. The van der Waals surface area contributed by atoms with Crippen LogP contribution in [0.3, 0.4) is 0 Å². The second kappa shape index (κ2) is 7.59. The molecule has 0 saturated heterocycles. The monoisotopic (exact) mass is 286 g/mol. The van der Waals surface area contributed by atoms with E-state index in [-0.39, 0.29) is 11.4 Å². The summed E-state index contributed by atoms with van der Waals surface area (Å²) in [5.74, 6) is 0.442. The Balaban J connectivity index is 2.51. The summed E-state index contributed by atoms with van der Waals surface area (Å²) in [5, 5.41) is 0. The van der Waals surface area contributed by atoms with Gasteiger partial charge in [0, 0.05) is 19.7 Å². The second-order valence-electron chi connectivity index (χ2n) is 4.72. The van der Waals surface area contributed by atoms with Gasteiger partial charge in [0.15, 0.2) is 0 Å². The lowest BCUT2D eigenvalue weighted by molar-refractivity contribution is 0.114. The standard InChI is InChI=1S/C13H22N2O3S/c1-11(2)10-18-7-6-15-19(16,17)13-5-3-4-12(8-13)9-14/h3-5,8,11,15H,6-7,9-10,14H2,1-2H3. The van der Waals surface area contributed by atoms with Crippen molar-refractivity contribution in [3.05, 3.63) is 29.8 Å². The lowest BCUT2D eigenvalue weighted by Crippen LogP contribution is -2.28. The van der Waals surface area contributed by atoms with Gasteiger partial charge in [0.2, 0.25) is 10.0 Å². The third-order valence-electron chi connectivity index (χ3n) is 2.43. The molecule has 0 aromatic heterocycles. The molecule has 0 aliphatic carbocycles. The van der Waals surface area contributed by atoms with E-state index in [0.717, 1.165) is 5.56 Å². The molecule has 0 saturated carbocycles. The van der Waals surface area contributed by atoms with E-state index < -0.39 is 10.0 Å². The fraction of sp³-hybridized carbons (Fsp3) is 0.538. The maximum Gasteiger partial charge on any atom is 0.240 e. The molecule has 6 heteroatoms. The van der Waals surface area contributed by atoms with Gasteiger partial charge in [-0.1, -0.05) is 26.0 Å². The number of rotatable bonds is 8. The first-order valence-corrected chi connectivity index (χ1v) is 7.80. The van der Waals surface area contributed by atoms with Crippen LogP contribution in [0.4, 0.5) is 0 Å². The van der Waals surface area contributed by atoms with Crippen molar-refractivity contribution < 1.29 is 13.2 Å². The van der Waals surface area contributed by atoms with Crippen LogP contribution in [0.25, 0.3) is 0 Å². The molecule has 0 spiro atoms. The maximum atomic E-state index is 12.0. The van der Waals surface area contributed by atoms with Crippen LogP contribution >= 0.6 is 0 Å². The van der Waals surface area contributed by atoms with Crippen molar-refractivity contribution >= 4 is 10.0 Å². The van der Waals surface area contributed by atoms with Gasteiger partial charge in [0.1, 0.15) is 0 Å². The highest BCUT2D eigenvalue weighted by Crippen LogP contribution is 2.10. The first-order valence-electron chi connectivity index (χ1n) is 6.32. The SMILES string of the molecule is CC(C)COCCNS(=O)(=O)c1cccc(CN)c1. The molecule has 0 radical (unpaired) electrons. The van der Waals surface area contributed by atoms with Gasteiger partial charge < -0.3 is 10.5 Å². The Morgan fingerprint density at radius 2 is 2.11 bits per heavy atom. The molecule has 0 bridgehead atoms. The molecule has 108 valence electrons. The number of hydrogen-bond donors (Lipinski definition) is 2. The zero-order valence-electron chi connectivity index (χ0n) is 11.4. The van der Waals surface area contributed by atoms with Crippen LogP contribution in [0.2, 0.25) is 0 Å². The Hall–Kier alpha value is -0.950. The van der Waals surface area contributed by atoms with Crippen LogP contribution < -0.4 is 10.5 Å². The molecule has 0 fully saturated rings. The van der Waals surface area contributed by atoms with Crippen molar-refractivity contribution in [1.82, 2.24) is 4.72 Å². The van der Waals surface area contributed by atoms with E-state index >= 15 is 0 Å². The minimum atomic E-state index is -3.48.